The van der Waals surface area contributed by atoms with E-state index in [4.69, 9.17) is 5.84 Å². The lowest BCUT2D eigenvalue weighted by Gasteiger charge is -2.13. The van der Waals surface area contributed by atoms with Crippen LogP contribution >= 0.6 is 0 Å². The largest absolute Gasteiger partial charge is 0.325 e. The molecule has 2 aromatic rings. The smallest absolute Gasteiger partial charge is 0.324 e. The molecule has 1 aliphatic rings. The summed E-state index contributed by atoms with van der Waals surface area (Å²) in [4.78, 5) is 26.1. The van der Waals surface area contributed by atoms with E-state index in [1.165, 1.54) is 4.90 Å². The number of benzene rings is 2. The molecule has 0 radical (unpaired) electrons. The lowest BCUT2D eigenvalue weighted by atomic mass is 10.1. The molecule has 1 fully saturated rings. The van der Waals surface area contributed by atoms with E-state index in [0.29, 0.717) is 18.5 Å². The van der Waals surface area contributed by atoms with Crippen LogP contribution < -0.4 is 21.3 Å². The van der Waals surface area contributed by atoms with Crippen molar-refractivity contribution in [3.63, 3.8) is 0 Å². The van der Waals surface area contributed by atoms with Crippen LogP contribution in [0.1, 0.15) is 11.1 Å². The van der Waals surface area contributed by atoms with Gasteiger partial charge in [-0.15, -0.1) is 0 Å². The van der Waals surface area contributed by atoms with Gasteiger partial charge >= 0.3 is 6.03 Å². The molecule has 1 aliphatic heterocycles. The molecule has 0 bridgehead atoms. The van der Waals surface area contributed by atoms with Gasteiger partial charge in [0.2, 0.25) is 10.0 Å². The van der Waals surface area contributed by atoms with Gasteiger partial charge < -0.3 is 10.7 Å². The minimum atomic E-state index is -3.35. The molecule has 2 aromatic carbocycles. The van der Waals surface area contributed by atoms with Crippen LogP contribution in [0.2, 0.25) is 0 Å². The molecule has 3 amide bonds. The summed E-state index contributed by atoms with van der Waals surface area (Å²) >= 11 is 0. The minimum Gasteiger partial charge on any atom is -0.325 e. The molecule has 1 atom stereocenters. The molecule has 9 nitrogen and oxygen atoms in total. The molecule has 29 heavy (non-hydrogen) atoms. The zero-order chi connectivity index (χ0) is 21.0. The monoisotopic (exact) mass is 417 g/mol. The normalized spacial score (nSPS) is 16.6. The van der Waals surface area contributed by atoms with Crippen LogP contribution in [0.15, 0.2) is 48.5 Å². The lowest BCUT2D eigenvalue weighted by molar-refractivity contribution is -0.127. The summed E-state index contributed by atoms with van der Waals surface area (Å²) in [6.07, 6.45) is 1.95. The number of hydrogen-bond donors (Lipinski definition) is 4. The Morgan fingerprint density at radius 3 is 2.17 bits per heavy atom. The summed E-state index contributed by atoms with van der Waals surface area (Å²) in [6, 6.07) is 13.1. The quantitative estimate of drug-likeness (QED) is 0.288. The number of nitrogens with two attached hydrogens (primary N) is 1. The Hall–Kier alpha value is -3.11. The van der Waals surface area contributed by atoms with Crippen molar-refractivity contribution in [3.8, 4) is 0 Å². The molecule has 0 unspecified atom stereocenters. The molecular formula is C19H23N5O4S. The van der Waals surface area contributed by atoms with Gasteiger partial charge in [0.05, 0.1) is 6.26 Å². The SMILES string of the molecule is CS(=O)(=O)Nc1ccc(C[C@H]2NC(=O)N(CCc3ccc(NN)cc3)C2=O)cc1. The Morgan fingerprint density at radius 2 is 1.59 bits per heavy atom. The number of nitrogen functional groups attached to an aromatic ring is 1. The molecule has 0 aromatic heterocycles. The van der Waals surface area contributed by atoms with E-state index < -0.39 is 22.1 Å². The third-order valence-corrected chi connectivity index (χ3v) is 5.16. The van der Waals surface area contributed by atoms with Crippen molar-refractivity contribution in [2.75, 3.05) is 22.9 Å². The molecule has 1 heterocycles. The molecule has 10 heteroatoms. The maximum absolute atomic E-state index is 12.6. The Labute approximate surface area is 169 Å². The summed E-state index contributed by atoms with van der Waals surface area (Å²) < 4.78 is 24.9. The van der Waals surface area contributed by atoms with Crippen molar-refractivity contribution in [3.05, 3.63) is 59.7 Å². The minimum absolute atomic E-state index is 0.270. The van der Waals surface area contributed by atoms with Gasteiger partial charge in [0.15, 0.2) is 0 Å². The van der Waals surface area contributed by atoms with Gasteiger partial charge in [0.25, 0.3) is 5.91 Å². The number of nitrogens with one attached hydrogen (secondary N) is 3. The van der Waals surface area contributed by atoms with Gasteiger partial charge in [0.1, 0.15) is 6.04 Å². The first kappa shape index (κ1) is 20.6. The first-order valence-corrected chi connectivity index (χ1v) is 10.9. The second-order valence-corrected chi connectivity index (χ2v) is 8.61. The van der Waals surface area contributed by atoms with E-state index in [9.17, 15) is 18.0 Å². The summed E-state index contributed by atoms with van der Waals surface area (Å²) in [6.45, 7) is 0.286. The van der Waals surface area contributed by atoms with Crippen LogP contribution in [0, 0.1) is 0 Å². The molecule has 5 N–H and O–H groups in total. The third-order valence-electron chi connectivity index (χ3n) is 4.55. The second-order valence-electron chi connectivity index (χ2n) is 6.86. The van der Waals surface area contributed by atoms with Gasteiger partial charge in [-0.3, -0.25) is 20.3 Å². The number of hydrogen-bond acceptors (Lipinski definition) is 6. The van der Waals surface area contributed by atoms with Crippen molar-refractivity contribution in [1.29, 1.82) is 0 Å². The lowest BCUT2D eigenvalue weighted by Crippen LogP contribution is -2.33. The number of carbonyl (C=O) groups is 2. The molecule has 154 valence electrons. The highest BCUT2D eigenvalue weighted by molar-refractivity contribution is 7.92. The number of anilines is 2. The fourth-order valence-electron chi connectivity index (χ4n) is 3.09. The van der Waals surface area contributed by atoms with E-state index in [0.717, 1.165) is 23.1 Å². The molecular weight excluding hydrogens is 394 g/mol. The number of carbonyl (C=O) groups excluding carboxylic acids is 2. The van der Waals surface area contributed by atoms with E-state index in [-0.39, 0.29) is 12.5 Å². The standard InChI is InChI=1S/C19H23N5O4S/c1-29(27,28)23-16-8-4-14(5-9-16)12-17-18(25)24(19(26)21-17)11-10-13-2-6-15(22-20)7-3-13/h2-9,17,22-23H,10-12,20H2,1H3,(H,21,26)/t17-/m1/s1. The van der Waals surface area contributed by atoms with Crippen molar-refractivity contribution in [2.45, 2.75) is 18.9 Å². The van der Waals surface area contributed by atoms with Crippen LogP contribution in [0.5, 0.6) is 0 Å². The fraction of sp³-hybridized carbons (Fsp3) is 0.263. The predicted molar refractivity (Wildman–Crippen MR) is 111 cm³/mol. The average molecular weight is 417 g/mol. The number of sulfonamides is 1. The zero-order valence-electron chi connectivity index (χ0n) is 15.9. The van der Waals surface area contributed by atoms with Crippen molar-refractivity contribution in [2.24, 2.45) is 5.84 Å². The van der Waals surface area contributed by atoms with E-state index in [1.807, 2.05) is 24.3 Å². The molecule has 3 rings (SSSR count). The van der Waals surface area contributed by atoms with Crippen molar-refractivity contribution in [1.82, 2.24) is 10.2 Å². The Kier molecular flexibility index (Phi) is 6.04. The van der Waals surface area contributed by atoms with Crippen LogP contribution in [0.4, 0.5) is 16.2 Å². The van der Waals surface area contributed by atoms with Crippen molar-refractivity contribution >= 4 is 33.3 Å². The Bertz CT molecular complexity index is 990. The highest BCUT2D eigenvalue weighted by atomic mass is 32.2. The van der Waals surface area contributed by atoms with Gasteiger partial charge in [-0.1, -0.05) is 24.3 Å². The fourth-order valence-corrected chi connectivity index (χ4v) is 3.66. The summed E-state index contributed by atoms with van der Waals surface area (Å²) in [7, 11) is -3.35. The third kappa shape index (κ3) is 5.46. The molecule has 1 saturated heterocycles. The molecule has 0 aliphatic carbocycles. The number of nitrogens with zero attached hydrogens (tertiary/aromatic N) is 1. The topological polar surface area (TPSA) is 134 Å². The first-order chi connectivity index (χ1) is 13.7. The van der Waals surface area contributed by atoms with Crippen molar-refractivity contribution < 1.29 is 18.0 Å². The summed E-state index contributed by atoms with van der Waals surface area (Å²) in [5.41, 5.74) is 5.57. The van der Waals surface area contributed by atoms with Crippen LogP contribution in [0.25, 0.3) is 0 Å². The zero-order valence-corrected chi connectivity index (χ0v) is 16.7. The Balaban J connectivity index is 1.58. The number of hydrazine groups is 1. The number of urea groups is 1. The van der Waals surface area contributed by atoms with Gasteiger partial charge in [-0.2, -0.15) is 0 Å². The first-order valence-electron chi connectivity index (χ1n) is 8.99. The number of imide groups is 1. The van der Waals surface area contributed by atoms with Crippen LogP contribution in [-0.2, 0) is 27.7 Å². The molecule has 0 spiro atoms. The van der Waals surface area contributed by atoms with Crippen LogP contribution in [0.3, 0.4) is 0 Å². The van der Waals surface area contributed by atoms with Gasteiger partial charge in [0, 0.05) is 24.3 Å². The number of amides is 3. The summed E-state index contributed by atoms with van der Waals surface area (Å²) in [5.74, 6) is 5.07. The average Bonchev–Trinajstić information content (AvgIpc) is 2.94. The second kappa shape index (κ2) is 8.50. The number of rotatable bonds is 8. The van der Waals surface area contributed by atoms with Gasteiger partial charge in [-0.25, -0.2) is 13.2 Å². The van der Waals surface area contributed by atoms with Crippen LogP contribution in [-0.4, -0.2) is 44.1 Å². The highest BCUT2D eigenvalue weighted by Crippen LogP contribution is 2.17. The predicted octanol–water partition coefficient (Wildman–Crippen LogP) is 1.05. The highest BCUT2D eigenvalue weighted by Gasteiger charge is 2.37. The van der Waals surface area contributed by atoms with E-state index >= 15 is 0 Å². The van der Waals surface area contributed by atoms with Gasteiger partial charge in [-0.05, 0) is 41.8 Å². The van der Waals surface area contributed by atoms with E-state index in [2.05, 4.69) is 15.5 Å². The Morgan fingerprint density at radius 1 is 1.00 bits per heavy atom. The molecule has 0 saturated carbocycles. The maximum atomic E-state index is 12.6. The summed E-state index contributed by atoms with van der Waals surface area (Å²) in [5, 5.41) is 2.71. The van der Waals surface area contributed by atoms with E-state index in [1.54, 1.807) is 24.3 Å². The maximum Gasteiger partial charge on any atom is 0.324 e.